The minimum Gasteiger partial charge on any atom is -0.359 e. The molecule has 1 aliphatic rings. The molecule has 0 bridgehead atoms. The van der Waals surface area contributed by atoms with Gasteiger partial charge in [0.1, 0.15) is 0 Å². The molecule has 2 atom stereocenters. The van der Waals surface area contributed by atoms with Crippen LogP contribution in [-0.2, 0) is 10.0 Å². The van der Waals surface area contributed by atoms with Crippen LogP contribution in [0, 0.1) is 5.92 Å². The second kappa shape index (κ2) is 6.72. The third kappa shape index (κ3) is 4.66. The molecule has 21 heavy (non-hydrogen) atoms. The van der Waals surface area contributed by atoms with E-state index in [4.69, 9.17) is 17.4 Å². The highest BCUT2D eigenvalue weighted by Crippen LogP contribution is 2.23. The van der Waals surface area contributed by atoms with Gasteiger partial charge in [0.15, 0.2) is 5.11 Å². The first kappa shape index (κ1) is 16.2. The SMILES string of the molecule is C[C@@H]1CCCC[C@@H]1NC(=S)Nc1ccc(S(N)(=O)=O)cc1. The Kier molecular flexibility index (Phi) is 5.18. The van der Waals surface area contributed by atoms with Crippen LogP contribution >= 0.6 is 12.2 Å². The fraction of sp³-hybridized carbons (Fsp3) is 0.500. The topological polar surface area (TPSA) is 84.2 Å². The molecule has 0 amide bonds. The van der Waals surface area contributed by atoms with Crippen molar-refractivity contribution in [2.75, 3.05) is 5.32 Å². The lowest BCUT2D eigenvalue weighted by Gasteiger charge is -2.30. The van der Waals surface area contributed by atoms with E-state index in [1.165, 1.54) is 31.4 Å². The van der Waals surface area contributed by atoms with Crippen molar-refractivity contribution in [2.24, 2.45) is 11.1 Å². The summed E-state index contributed by atoms with van der Waals surface area (Å²) in [5.41, 5.74) is 0.739. The lowest BCUT2D eigenvalue weighted by molar-refractivity contribution is 0.309. The Balaban J connectivity index is 1.93. The molecule has 0 saturated heterocycles. The van der Waals surface area contributed by atoms with E-state index in [9.17, 15) is 8.42 Å². The van der Waals surface area contributed by atoms with Crippen molar-refractivity contribution >= 4 is 33.0 Å². The van der Waals surface area contributed by atoms with Gasteiger partial charge in [-0.05, 0) is 55.2 Å². The van der Waals surface area contributed by atoms with E-state index < -0.39 is 10.0 Å². The van der Waals surface area contributed by atoms with E-state index in [2.05, 4.69) is 17.6 Å². The van der Waals surface area contributed by atoms with Gasteiger partial charge >= 0.3 is 0 Å². The second-order valence-electron chi connectivity index (χ2n) is 5.54. The fourth-order valence-electron chi connectivity index (χ4n) is 2.59. The smallest absolute Gasteiger partial charge is 0.238 e. The van der Waals surface area contributed by atoms with Crippen molar-refractivity contribution < 1.29 is 8.42 Å². The van der Waals surface area contributed by atoms with E-state index in [-0.39, 0.29) is 4.90 Å². The molecule has 0 heterocycles. The fourth-order valence-corrected chi connectivity index (χ4v) is 3.38. The zero-order chi connectivity index (χ0) is 15.5. The summed E-state index contributed by atoms with van der Waals surface area (Å²) in [5, 5.41) is 12.0. The van der Waals surface area contributed by atoms with Crippen molar-refractivity contribution in [1.82, 2.24) is 5.32 Å². The average molecular weight is 327 g/mol. The maximum absolute atomic E-state index is 11.2. The molecule has 1 aliphatic carbocycles. The summed E-state index contributed by atoms with van der Waals surface area (Å²) < 4.78 is 22.4. The predicted molar refractivity (Wildman–Crippen MR) is 88.6 cm³/mol. The summed E-state index contributed by atoms with van der Waals surface area (Å²) in [4.78, 5) is 0.0906. The predicted octanol–water partition coefficient (Wildman–Crippen LogP) is 2.20. The Bertz CT molecular complexity index is 599. The Morgan fingerprint density at radius 1 is 1.24 bits per heavy atom. The highest BCUT2D eigenvalue weighted by atomic mass is 32.2. The lowest BCUT2D eigenvalue weighted by Crippen LogP contribution is -2.43. The second-order valence-corrected chi connectivity index (χ2v) is 7.51. The average Bonchev–Trinajstić information content (AvgIpc) is 2.41. The molecular formula is C14H21N3O2S2. The number of sulfonamides is 1. The van der Waals surface area contributed by atoms with Crippen LogP contribution in [0.3, 0.4) is 0 Å². The van der Waals surface area contributed by atoms with Crippen molar-refractivity contribution in [2.45, 2.75) is 43.5 Å². The van der Waals surface area contributed by atoms with Crippen LogP contribution in [0.4, 0.5) is 5.69 Å². The molecule has 0 aliphatic heterocycles. The Morgan fingerprint density at radius 2 is 1.86 bits per heavy atom. The minimum absolute atomic E-state index is 0.0906. The molecule has 1 aromatic carbocycles. The highest BCUT2D eigenvalue weighted by molar-refractivity contribution is 7.89. The van der Waals surface area contributed by atoms with Gasteiger partial charge in [-0.2, -0.15) is 0 Å². The molecule has 4 N–H and O–H groups in total. The monoisotopic (exact) mass is 327 g/mol. The quantitative estimate of drug-likeness (QED) is 0.741. The summed E-state index contributed by atoms with van der Waals surface area (Å²) in [6.07, 6.45) is 4.87. The molecule has 0 aromatic heterocycles. The molecule has 1 aromatic rings. The van der Waals surface area contributed by atoms with Gasteiger partial charge in [0, 0.05) is 11.7 Å². The Morgan fingerprint density at radius 3 is 2.43 bits per heavy atom. The third-order valence-corrected chi connectivity index (χ3v) is 5.02. The molecule has 7 heteroatoms. The van der Waals surface area contributed by atoms with Crippen LogP contribution in [-0.4, -0.2) is 19.6 Å². The summed E-state index contributed by atoms with van der Waals surface area (Å²) in [5.74, 6) is 0.614. The van der Waals surface area contributed by atoms with Crippen LogP contribution < -0.4 is 15.8 Å². The molecule has 1 saturated carbocycles. The van der Waals surface area contributed by atoms with E-state index in [0.717, 1.165) is 12.1 Å². The first-order valence-corrected chi connectivity index (χ1v) is 9.02. The summed E-state index contributed by atoms with van der Waals surface area (Å²) >= 11 is 5.31. The Labute approximate surface area is 131 Å². The summed E-state index contributed by atoms with van der Waals surface area (Å²) in [6, 6.07) is 6.63. The van der Waals surface area contributed by atoms with E-state index in [0.29, 0.717) is 17.1 Å². The lowest BCUT2D eigenvalue weighted by atomic mass is 9.86. The van der Waals surface area contributed by atoms with Crippen LogP contribution in [0.5, 0.6) is 0 Å². The van der Waals surface area contributed by atoms with Gasteiger partial charge in [0.2, 0.25) is 10.0 Å². The van der Waals surface area contributed by atoms with Crippen molar-refractivity contribution in [3.05, 3.63) is 24.3 Å². The third-order valence-electron chi connectivity index (χ3n) is 3.87. The van der Waals surface area contributed by atoms with Gasteiger partial charge in [-0.25, -0.2) is 13.6 Å². The number of rotatable bonds is 3. The number of primary sulfonamides is 1. The van der Waals surface area contributed by atoms with Gasteiger partial charge in [-0.1, -0.05) is 19.8 Å². The molecular weight excluding hydrogens is 306 g/mol. The number of hydrogen-bond acceptors (Lipinski definition) is 3. The molecule has 2 rings (SSSR count). The maximum Gasteiger partial charge on any atom is 0.238 e. The van der Waals surface area contributed by atoms with E-state index >= 15 is 0 Å². The maximum atomic E-state index is 11.2. The molecule has 0 spiro atoms. The number of thiocarbonyl (C=S) groups is 1. The number of nitrogens with two attached hydrogens (primary N) is 1. The molecule has 0 unspecified atom stereocenters. The van der Waals surface area contributed by atoms with E-state index in [1.807, 2.05) is 0 Å². The van der Waals surface area contributed by atoms with E-state index in [1.54, 1.807) is 12.1 Å². The molecule has 116 valence electrons. The largest absolute Gasteiger partial charge is 0.359 e. The zero-order valence-corrected chi connectivity index (χ0v) is 13.6. The van der Waals surface area contributed by atoms with Gasteiger partial charge < -0.3 is 10.6 Å². The summed E-state index contributed by atoms with van der Waals surface area (Å²) in [7, 11) is -3.65. The highest BCUT2D eigenvalue weighted by Gasteiger charge is 2.21. The molecule has 5 nitrogen and oxygen atoms in total. The number of hydrogen-bond donors (Lipinski definition) is 3. The number of anilines is 1. The zero-order valence-electron chi connectivity index (χ0n) is 12.0. The van der Waals surface area contributed by atoms with Crippen molar-refractivity contribution in [3.8, 4) is 0 Å². The van der Waals surface area contributed by atoms with Gasteiger partial charge in [0.05, 0.1) is 4.90 Å². The normalized spacial score (nSPS) is 22.6. The summed E-state index contributed by atoms with van der Waals surface area (Å²) in [6.45, 7) is 2.24. The van der Waals surface area contributed by atoms with Crippen LogP contribution in [0.25, 0.3) is 0 Å². The first-order chi connectivity index (χ1) is 9.86. The van der Waals surface area contributed by atoms with Crippen LogP contribution in [0.1, 0.15) is 32.6 Å². The van der Waals surface area contributed by atoms with Crippen LogP contribution in [0.15, 0.2) is 29.2 Å². The Hall–Kier alpha value is -1.18. The minimum atomic E-state index is -3.65. The van der Waals surface area contributed by atoms with Gasteiger partial charge in [0.25, 0.3) is 0 Å². The standard InChI is InChI=1S/C14H21N3O2S2/c1-10-4-2-3-5-13(10)17-14(20)16-11-6-8-12(9-7-11)21(15,18)19/h6-10,13H,2-5H2,1H3,(H2,15,18,19)(H2,16,17,20)/t10-,13+/m1/s1. The van der Waals surface area contributed by atoms with Crippen molar-refractivity contribution in [3.63, 3.8) is 0 Å². The van der Waals surface area contributed by atoms with Crippen molar-refractivity contribution in [1.29, 1.82) is 0 Å². The molecule has 1 fully saturated rings. The number of nitrogens with one attached hydrogen (secondary N) is 2. The van der Waals surface area contributed by atoms with Gasteiger partial charge in [-0.15, -0.1) is 0 Å². The first-order valence-electron chi connectivity index (χ1n) is 7.06. The van der Waals surface area contributed by atoms with Crippen LogP contribution in [0.2, 0.25) is 0 Å². The molecule has 0 radical (unpaired) electrons. The number of benzene rings is 1. The van der Waals surface area contributed by atoms with Gasteiger partial charge in [-0.3, -0.25) is 0 Å².